The minimum absolute atomic E-state index is 0.105. The molecule has 4 atom stereocenters. The molecule has 5 aromatic rings. The van der Waals surface area contributed by atoms with E-state index in [9.17, 15) is 0 Å². The maximum absolute atomic E-state index is 6.64. The Bertz CT molecular complexity index is 2550. The molecule has 6 aliphatic rings. The van der Waals surface area contributed by atoms with Crippen LogP contribution in [0, 0.1) is 0 Å². The summed E-state index contributed by atoms with van der Waals surface area (Å²) in [6.07, 6.45) is 26.9. The van der Waals surface area contributed by atoms with Gasteiger partial charge >= 0.3 is 0 Å². The van der Waals surface area contributed by atoms with Crippen LogP contribution in [-0.4, -0.2) is 25.9 Å². The van der Waals surface area contributed by atoms with Crippen molar-refractivity contribution in [3.05, 3.63) is 153 Å². The van der Waals surface area contributed by atoms with Crippen molar-refractivity contribution in [3.8, 4) is 11.7 Å². The molecule has 0 fully saturated rings. The largest absolute Gasteiger partial charge is 0.484 e. The van der Waals surface area contributed by atoms with Gasteiger partial charge in [0.2, 0.25) is 5.95 Å². The van der Waals surface area contributed by atoms with Crippen molar-refractivity contribution < 1.29 is 4.74 Å². The Labute approximate surface area is 289 Å². The fourth-order valence-corrected chi connectivity index (χ4v) is 10.1. The Kier molecular flexibility index (Phi) is 6.06. The lowest BCUT2D eigenvalue weighted by molar-refractivity contribution is 0.278. The van der Waals surface area contributed by atoms with Crippen molar-refractivity contribution in [1.29, 1.82) is 0 Å². The maximum Gasteiger partial charge on any atom is 0.235 e. The first kappa shape index (κ1) is 27.8. The van der Waals surface area contributed by atoms with Crippen LogP contribution in [-0.2, 0) is 6.42 Å². The lowest BCUT2D eigenvalue weighted by atomic mass is 9.85. The minimum Gasteiger partial charge on any atom is -0.484 e. The van der Waals surface area contributed by atoms with E-state index in [-0.39, 0.29) is 12.0 Å². The summed E-state index contributed by atoms with van der Waals surface area (Å²) in [4.78, 5) is 12.2. The molecule has 4 nitrogen and oxygen atoms in total. The number of allylic oxidation sites excluding steroid dienone is 6. The zero-order chi connectivity index (χ0) is 32.1. The molecule has 0 saturated carbocycles. The summed E-state index contributed by atoms with van der Waals surface area (Å²) in [6.45, 7) is 0. The fraction of sp³-hybridized carbons (Fsp3) is 0.182. The Morgan fingerprint density at radius 3 is 2.71 bits per heavy atom. The zero-order valence-corrected chi connectivity index (χ0v) is 27.7. The average molecular weight is 652 g/mol. The molecule has 0 spiro atoms. The highest BCUT2D eigenvalue weighted by atomic mass is 32.2. The van der Waals surface area contributed by atoms with Gasteiger partial charge in [0.25, 0.3) is 0 Å². The van der Waals surface area contributed by atoms with Crippen LogP contribution in [0.5, 0.6) is 5.75 Å². The van der Waals surface area contributed by atoms with Crippen molar-refractivity contribution in [2.45, 2.75) is 53.8 Å². The Hall–Kier alpha value is -5.13. The molecule has 11 rings (SSSR count). The van der Waals surface area contributed by atoms with Crippen molar-refractivity contribution in [3.63, 3.8) is 0 Å². The number of ether oxygens (including phenoxy) is 1. The van der Waals surface area contributed by atoms with Crippen LogP contribution >= 0.6 is 11.8 Å². The molecular formula is C44H33N3OS. The van der Waals surface area contributed by atoms with Crippen LogP contribution in [0.4, 0.5) is 0 Å². The van der Waals surface area contributed by atoms with E-state index in [2.05, 4.69) is 132 Å². The second kappa shape index (κ2) is 10.7. The van der Waals surface area contributed by atoms with Gasteiger partial charge in [-0.05, 0) is 66.6 Å². The summed E-state index contributed by atoms with van der Waals surface area (Å²) in [7, 11) is 0. The first-order valence-electron chi connectivity index (χ1n) is 17.5. The van der Waals surface area contributed by atoms with E-state index in [4.69, 9.17) is 14.7 Å². The summed E-state index contributed by atoms with van der Waals surface area (Å²) in [5, 5.41) is 3.88. The van der Waals surface area contributed by atoms with Crippen molar-refractivity contribution in [2.75, 3.05) is 0 Å². The molecule has 2 aromatic heterocycles. The number of nitrogens with zero attached hydrogens (tertiary/aromatic N) is 3. The third-order valence-corrected chi connectivity index (χ3v) is 12.4. The van der Waals surface area contributed by atoms with E-state index >= 15 is 0 Å². The van der Waals surface area contributed by atoms with Gasteiger partial charge in [0.1, 0.15) is 11.9 Å². The van der Waals surface area contributed by atoms with Crippen LogP contribution in [0.1, 0.15) is 64.7 Å². The van der Waals surface area contributed by atoms with Crippen LogP contribution in [0.25, 0.3) is 46.2 Å². The van der Waals surface area contributed by atoms with E-state index in [1.54, 1.807) is 0 Å². The number of thioether (sulfide) groups is 1. The summed E-state index contributed by atoms with van der Waals surface area (Å²) in [6, 6.07) is 24.3. The van der Waals surface area contributed by atoms with Gasteiger partial charge in [-0.25, -0.2) is 9.97 Å². The molecule has 0 bridgehead atoms. The molecule has 0 N–H and O–H groups in total. The molecule has 3 aromatic carbocycles. The van der Waals surface area contributed by atoms with Gasteiger partial charge in [0, 0.05) is 55.0 Å². The van der Waals surface area contributed by atoms with Crippen LogP contribution in [0.15, 0.2) is 114 Å². The van der Waals surface area contributed by atoms with E-state index in [1.165, 1.54) is 43.8 Å². The molecule has 0 saturated heterocycles. The van der Waals surface area contributed by atoms with Gasteiger partial charge in [-0.3, -0.25) is 4.57 Å². The maximum atomic E-state index is 6.64. The number of fused-ring (bicyclic) bond motifs is 10. The topological polar surface area (TPSA) is 39.9 Å². The molecule has 49 heavy (non-hydrogen) atoms. The normalized spacial score (nSPS) is 23.6. The molecule has 236 valence electrons. The van der Waals surface area contributed by atoms with Crippen LogP contribution < -0.4 is 15.3 Å². The van der Waals surface area contributed by atoms with E-state index in [0.29, 0.717) is 11.2 Å². The number of hydrogen-bond donors (Lipinski definition) is 0. The van der Waals surface area contributed by atoms with Gasteiger partial charge in [-0.15, -0.1) is 11.8 Å². The van der Waals surface area contributed by atoms with Gasteiger partial charge in [-0.1, -0.05) is 103 Å². The van der Waals surface area contributed by atoms with Gasteiger partial charge in [0.15, 0.2) is 0 Å². The first-order chi connectivity index (χ1) is 24.3. The van der Waals surface area contributed by atoms with Crippen molar-refractivity contribution in [1.82, 2.24) is 14.5 Å². The monoisotopic (exact) mass is 651 g/mol. The fourth-order valence-electron chi connectivity index (χ4n) is 8.76. The molecule has 4 unspecified atom stereocenters. The molecule has 4 heterocycles. The summed E-state index contributed by atoms with van der Waals surface area (Å²) in [5.74, 6) is 2.30. The number of para-hydroxylation sites is 1. The highest BCUT2D eigenvalue weighted by molar-refractivity contribution is 8.00. The summed E-state index contributed by atoms with van der Waals surface area (Å²) >= 11 is 1.98. The molecule has 0 radical (unpaired) electrons. The molecule has 4 aliphatic carbocycles. The third-order valence-electron chi connectivity index (χ3n) is 11.0. The predicted molar refractivity (Wildman–Crippen MR) is 200 cm³/mol. The van der Waals surface area contributed by atoms with Crippen molar-refractivity contribution >= 4 is 52.0 Å². The van der Waals surface area contributed by atoms with Crippen molar-refractivity contribution in [2.24, 2.45) is 0 Å². The predicted octanol–water partition coefficient (Wildman–Crippen LogP) is 8.44. The SMILES string of the molecule is C1=CC2c3ccccc3OC2C(c2nc(-n3c4c(c5cc(C6=CC7c8ccccc8SC7C=C6)ccc53)C=CCC4)nc3c2=CCCC=3)=C1. The third kappa shape index (κ3) is 4.18. The molecule has 0 amide bonds. The second-order valence-electron chi connectivity index (χ2n) is 13.8. The second-order valence-corrected chi connectivity index (χ2v) is 15.0. The Balaban J connectivity index is 1.06. The van der Waals surface area contributed by atoms with Crippen LogP contribution in [0.2, 0.25) is 0 Å². The molecular weight excluding hydrogens is 619 g/mol. The standard InChI is InChI=1S/C44H33N3OS/c1-5-16-36-32(13-1)42(33-15-9-14-31-29-11-3-7-18-39(29)48-43(31)33)46-44(45-36)47-37-17-6-2-10-28(37)34-24-26(20-22-38(34)47)27-21-23-41-35(25-27)30-12-4-8-19-40(30)49-41/h2-4,7-16,18-25,31,35,41,43H,1,5-6,17H2. The van der Waals surface area contributed by atoms with Crippen LogP contribution in [0.3, 0.4) is 0 Å². The van der Waals surface area contributed by atoms with E-state index in [1.807, 2.05) is 11.8 Å². The van der Waals surface area contributed by atoms with Gasteiger partial charge in [-0.2, -0.15) is 0 Å². The summed E-state index contributed by atoms with van der Waals surface area (Å²) in [5.41, 5.74) is 11.1. The Morgan fingerprint density at radius 2 is 1.73 bits per heavy atom. The number of rotatable bonds is 3. The number of aromatic nitrogens is 3. The average Bonchev–Trinajstić information content (AvgIpc) is 3.83. The molecule has 2 aliphatic heterocycles. The molecule has 5 heteroatoms. The van der Waals surface area contributed by atoms with E-state index < -0.39 is 0 Å². The highest BCUT2D eigenvalue weighted by Gasteiger charge is 2.38. The minimum atomic E-state index is -0.105. The number of benzene rings is 3. The van der Waals surface area contributed by atoms with E-state index in [0.717, 1.165) is 64.7 Å². The summed E-state index contributed by atoms with van der Waals surface area (Å²) < 4.78 is 8.99. The van der Waals surface area contributed by atoms with Gasteiger partial charge in [0.05, 0.1) is 16.6 Å². The lowest BCUT2D eigenvalue weighted by Gasteiger charge is -2.24. The lowest BCUT2D eigenvalue weighted by Crippen LogP contribution is -2.38. The zero-order valence-electron chi connectivity index (χ0n) is 26.9. The number of hydrogen-bond acceptors (Lipinski definition) is 4. The smallest absolute Gasteiger partial charge is 0.235 e. The Morgan fingerprint density at radius 1 is 0.837 bits per heavy atom. The highest BCUT2D eigenvalue weighted by Crippen LogP contribution is 2.50. The van der Waals surface area contributed by atoms with Gasteiger partial charge < -0.3 is 4.74 Å². The first-order valence-corrected chi connectivity index (χ1v) is 18.4. The quantitative estimate of drug-likeness (QED) is 0.196.